The van der Waals surface area contributed by atoms with E-state index in [9.17, 15) is 9.18 Å². The Hall–Kier alpha value is -1.26. The lowest BCUT2D eigenvalue weighted by Gasteiger charge is -1.98. The van der Waals surface area contributed by atoms with E-state index in [1.54, 1.807) is 5.38 Å². The topological polar surface area (TPSA) is 30.0 Å². The molecule has 0 unspecified atom stereocenters. The number of pyridine rings is 1. The van der Waals surface area contributed by atoms with E-state index >= 15 is 0 Å². The molecule has 2 aromatic rings. The SMILES string of the molecule is Cc1csc(C(=O)c2cncc(F)c2)c1Cl. The van der Waals surface area contributed by atoms with Crippen molar-refractivity contribution in [2.45, 2.75) is 6.92 Å². The number of thiophene rings is 1. The largest absolute Gasteiger partial charge is 0.288 e. The van der Waals surface area contributed by atoms with Gasteiger partial charge in [-0.25, -0.2) is 4.39 Å². The van der Waals surface area contributed by atoms with Crippen LogP contribution in [0.1, 0.15) is 20.8 Å². The van der Waals surface area contributed by atoms with Crippen LogP contribution in [0.4, 0.5) is 4.39 Å². The summed E-state index contributed by atoms with van der Waals surface area (Å²) < 4.78 is 12.9. The van der Waals surface area contributed by atoms with Gasteiger partial charge in [-0.05, 0) is 23.9 Å². The van der Waals surface area contributed by atoms with Crippen LogP contribution in [0.25, 0.3) is 0 Å². The lowest BCUT2D eigenvalue weighted by Crippen LogP contribution is -2.00. The third kappa shape index (κ3) is 1.99. The van der Waals surface area contributed by atoms with E-state index in [0.29, 0.717) is 9.90 Å². The Labute approximate surface area is 101 Å². The molecule has 0 spiro atoms. The maximum atomic E-state index is 12.9. The summed E-state index contributed by atoms with van der Waals surface area (Å²) in [6, 6.07) is 1.15. The molecule has 16 heavy (non-hydrogen) atoms. The van der Waals surface area contributed by atoms with E-state index in [4.69, 9.17) is 11.6 Å². The molecule has 2 heterocycles. The van der Waals surface area contributed by atoms with Crippen molar-refractivity contribution in [2.75, 3.05) is 0 Å². The number of carbonyl (C=O) groups excluding carboxylic acids is 1. The van der Waals surface area contributed by atoms with Gasteiger partial charge < -0.3 is 0 Å². The molecule has 0 aliphatic heterocycles. The normalized spacial score (nSPS) is 10.4. The summed E-state index contributed by atoms with van der Waals surface area (Å²) in [6.07, 6.45) is 2.38. The molecule has 0 amide bonds. The van der Waals surface area contributed by atoms with Gasteiger partial charge in [0.1, 0.15) is 5.82 Å². The summed E-state index contributed by atoms with van der Waals surface area (Å²) in [4.78, 5) is 16.0. The van der Waals surface area contributed by atoms with Gasteiger partial charge in [0.05, 0.1) is 16.1 Å². The molecule has 0 saturated carbocycles. The van der Waals surface area contributed by atoms with Crippen LogP contribution >= 0.6 is 22.9 Å². The van der Waals surface area contributed by atoms with Crippen LogP contribution in [-0.2, 0) is 0 Å². The molecule has 0 saturated heterocycles. The second-order valence-corrected chi connectivity index (χ2v) is 4.54. The van der Waals surface area contributed by atoms with Crippen molar-refractivity contribution >= 4 is 28.7 Å². The van der Waals surface area contributed by atoms with E-state index < -0.39 is 5.82 Å². The zero-order chi connectivity index (χ0) is 11.7. The molecule has 0 aromatic carbocycles. The van der Waals surface area contributed by atoms with Crippen LogP contribution in [0.15, 0.2) is 23.8 Å². The fourth-order valence-corrected chi connectivity index (χ4v) is 2.49. The minimum Gasteiger partial charge on any atom is -0.288 e. The fraction of sp³-hybridized carbons (Fsp3) is 0.0909. The molecule has 0 fully saturated rings. The molecular formula is C11H7ClFNOS. The van der Waals surface area contributed by atoms with E-state index in [0.717, 1.165) is 17.8 Å². The minimum absolute atomic E-state index is 0.212. The minimum atomic E-state index is -0.532. The highest BCUT2D eigenvalue weighted by atomic mass is 35.5. The number of nitrogens with zero attached hydrogens (tertiary/aromatic N) is 1. The predicted molar refractivity (Wildman–Crippen MR) is 61.7 cm³/mol. The fourth-order valence-electron chi connectivity index (χ4n) is 1.25. The number of aryl methyl sites for hydroxylation is 1. The molecule has 0 aliphatic carbocycles. The number of carbonyl (C=O) groups is 1. The zero-order valence-corrected chi connectivity index (χ0v) is 9.90. The molecule has 0 N–H and O–H groups in total. The van der Waals surface area contributed by atoms with E-state index in [-0.39, 0.29) is 11.3 Å². The first-order chi connectivity index (χ1) is 7.59. The maximum Gasteiger partial charge on any atom is 0.206 e. The first-order valence-corrected chi connectivity index (χ1v) is 5.74. The van der Waals surface area contributed by atoms with Crippen molar-refractivity contribution in [3.05, 3.63) is 50.7 Å². The zero-order valence-electron chi connectivity index (χ0n) is 8.33. The molecule has 2 rings (SSSR count). The average molecular weight is 256 g/mol. The Morgan fingerprint density at radius 2 is 2.25 bits per heavy atom. The van der Waals surface area contributed by atoms with E-state index in [1.165, 1.54) is 17.5 Å². The van der Waals surface area contributed by atoms with Gasteiger partial charge in [0.2, 0.25) is 5.78 Å². The van der Waals surface area contributed by atoms with Crippen molar-refractivity contribution in [2.24, 2.45) is 0 Å². The van der Waals surface area contributed by atoms with Crippen LogP contribution in [0.2, 0.25) is 5.02 Å². The second-order valence-electron chi connectivity index (χ2n) is 3.28. The Bertz CT molecular complexity index is 553. The van der Waals surface area contributed by atoms with Gasteiger partial charge in [-0.2, -0.15) is 0 Å². The number of rotatable bonds is 2. The van der Waals surface area contributed by atoms with E-state index in [1.807, 2.05) is 6.92 Å². The molecule has 0 aliphatic rings. The summed E-state index contributed by atoms with van der Waals surface area (Å²) in [5.74, 6) is -0.828. The van der Waals surface area contributed by atoms with Crippen LogP contribution in [0, 0.1) is 12.7 Å². The quantitative estimate of drug-likeness (QED) is 0.769. The number of aromatic nitrogens is 1. The summed E-state index contributed by atoms with van der Waals surface area (Å²) in [7, 11) is 0. The highest BCUT2D eigenvalue weighted by Gasteiger charge is 2.17. The van der Waals surface area contributed by atoms with Crippen molar-refractivity contribution in [3.63, 3.8) is 0 Å². The van der Waals surface area contributed by atoms with Gasteiger partial charge in [0.15, 0.2) is 0 Å². The van der Waals surface area contributed by atoms with Crippen molar-refractivity contribution in [1.29, 1.82) is 0 Å². The Kier molecular flexibility index (Phi) is 3.03. The van der Waals surface area contributed by atoms with E-state index in [2.05, 4.69) is 4.98 Å². The first-order valence-electron chi connectivity index (χ1n) is 4.48. The lowest BCUT2D eigenvalue weighted by atomic mass is 10.1. The van der Waals surface area contributed by atoms with Gasteiger partial charge in [-0.15, -0.1) is 11.3 Å². The molecule has 0 radical (unpaired) electrons. The Balaban J connectivity index is 2.43. The smallest absolute Gasteiger partial charge is 0.206 e. The van der Waals surface area contributed by atoms with Crippen molar-refractivity contribution in [1.82, 2.24) is 4.98 Å². The van der Waals surface area contributed by atoms with Gasteiger partial charge >= 0.3 is 0 Å². The van der Waals surface area contributed by atoms with Crippen molar-refractivity contribution < 1.29 is 9.18 Å². The number of ketones is 1. The molecule has 0 bridgehead atoms. The highest BCUT2D eigenvalue weighted by Crippen LogP contribution is 2.29. The third-order valence-corrected chi connectivity index (χ3v) is 3.77. The standard InChI is InChI=1S/C11H7ClFNOS/c1-6-5-16-11(9(6)12)10(15)7-2-8(13)4-14-3-7/h2-5H,1H3. The summed E-state index contributed by atoms with van der Waals surface area (Å²) in [5.41, 5.74) is 1.06. The van der Waals surface area contributed by atoms with Gasteiger partial charge in [0, 0.05) is 11.8 Å². The lowest BCUT2D eigenvalue weighted by molar-refractivity contribution is 0.104. The number of hydrogen-bond donors (Lipinski definition) is 0. The molecule has 5 heteroatoms. The van der Waals surface area contributed by atoms with Gasteiger partial charge in [-0.3, -0.25) is 9.78 Å². The van der Waals surface area contributed by atoms with Crippen molar-refractivity contribution in [3.8, 4) is 0 Å². The van der Waals surface area contributed by atoms with Crippen LogP contribution < -0.4 is 0 Å². The molecule has 2 nitrogen and oxygen atoms in total. The molecule has 82 valence electrons. The van der Waals surface area contributed by atoms with Gasteiger partial charge in [-0.1, -0.05) is 11.6 Å². The molecular weight excluding hydrogens is 249 g/mol. The number of halogens is 2. The second kappa shape index (κ2) is 4.31. The predicted octanol–water partition coefficient (Wildman–Crippen LogP) is 3.48. The summed E-state index contributed by atoms with van der Waals surface area (Å²) >= 11 is 7.22. The Morgan fingerprint density at radius 3 is 2.81 bits per heavy atom. The summed E-state index contributed by atoms with van der Waals surface area (Å²) in [6.45, 7) is 1.82. The Morgan fingerprint density at radius 1 is 1.50 bits per heavy atom. The maximum absolute atomic E-state index is 12.9. The van der Waals surface area contributed by atoms with Crippen LogP contribution in [0.5, 0.6) is 0 Å². The molecule has 0 atom stereocenters. The monoisotopic (exact) mass is 255 g/mol. The number of hydrogen-bond acceptors (Lipinski definition) is 3. The van der Waals surface area contributed by atoms with Gasteiger partial charge in [0.25, 0.3) is 0 Å². The summed E-state index contributed by atoms with van der Waals surface area (Å²) in [5, 5.41) is 2.22. The highest BCUT2D eigenvalue weighted by molar-refractivity contribution is 7.13. The third-order valence-electron chi connectivity index (χ3n) is 2.07. The first kappa shape index (κ1) is 11.2. The van der Waals surface area contributed by atoms with Crippen LogP contribution in [0.3, 0.4) is 0 Å². The van der Waals surface area contributed by atoms with Crippen LogP contribution in [-0.4, -0.2) is 10.8 Å². The molecule has 2 aromatic heterocycles. The average Bonchev–Trinajstić information content (AvgIpc) is 2.59.